The Labute approximate surface area is 113 Å². The summed E-state index contributed by atoms with van der Waals surface area (Å²) in [6.07, 6.45) is 2.78. The number of nitrogens with one attached hydrogen (secondary N) is 1. The third-order valence-electron chi connectivity index (χ3n) is 3.10. The summed E-state index contributed by atoms with van der Waals surface area (Å²) in [5.41, 5.74) is 0.589. The van der Waals surface area contributed by atoms with Gasteiger partial charge in [0.15, 0.2) is 6.04 Å². The van der Waals surface area contributed by atoms with Gasteiger partial charge in [-0.2, -0.15) is 0 Å². The van der Waals surface area contributed by atoms with Gasteiger partial charge in [-0.15, -0.1) is 0 Å². The van der Waals surface area contributed by atoms with Crippen LogP contribution in [0.1, 0.15) is 44.7 Å². The van der Waals surface area contributed by atoms with Crippen LogP contribution in [0.5, 0.6) is 0 Å². The second-order valence-corrected chi connectivity index (χ2v) is 4.73. The quantitative estimate of drug-likeness (QED) is 0.795. The number of carboxylic acid groups (broad SMARTS) is 1. The number of amides is 1. The first kappa shape index (κ1) is 15.2. The van der Waals surface area contributed by atoms with E-state index in [2.05, 4.69) is 12.2 Å². The molecule has 0 fully saturated rings. The number of carboxylic acids is 1. The standard InChI is InChI=1S/C15H21NO3/c1-3-4-8-11(2)14(17)16-13(15(18)19)12-9-6-5-7-10-12/h5-7,9-11,13H,3-4,8H2,1-2H3,(H,16,17)(H,18,19)/t11?,13-/m0/s1. The third-order valence-corrected chi connectivity index (χ3v) is 3.10. The van der Waals surface area contributed by atoms with Gasteiger partial charge in [0.05, 0.1) is 0 Å². The van der Waals surface area contributed by atoms with Crippen molar-refractivity contribution in [1.82, 2.24) is 5.32 Å². The van der Waals surface area contributed by atoms with E-state index in [1.54, 1.807) is 24.3 Å². The van der Waals surface area contributed by atoms with Gasteiger partial charge in [-0.25, -0.2) is 4.79 Å². The molecule has 19 heavy (non-hydrogen) atoms. The van der Waals surface area contributed by atoms with E-state index >= 15 is 0 Å². The smallest absolute Gasteiger partial charge is 0.330 e. The number of carbonyl (C=O) groups is 2. The molecule has 0 aromatic heterocycles. The van der Waals surface area contributed by atoms with E-state index in [1.165, 1.54) is 0 Å². The van der Waals surface area contributed by atoms with E-state index in [1.807, 2.05) is 13.0 Å². The number of rotatable bonds is 7. The molecule has 1 rings (SSSR count). The fraction of sp³-hybridized carbons (Fsp3) is 0.467. The molecule has 0 saturated carbocycles. The van der Waals surface area contributed by atoms with E-state index in [4.69, 9.17) is 0 Å². The van der Waals surface area contributed by atoms with Crippen molar-refractivity contribution in [2.45, 2.75) is 39.2 Å². The lowest BCUT2D eigenvalue weighted by atomic mass is 10.0. The molecule has 1 unspecified atom stereocenters. The van der Waals surface area contributed by atoms with Crippen molar-refractivity contribution >= 4 is 11.9 Å². The van der Waals surface area contributed by atoms with Gasteiger partial charge in [0, 0.05) is 5.92 Å². The average molecular weight is 263 g/mol. The highest BCUT2D eigenvalue weighted by Gasteiger charge is 2.23. The van der Waals surface area contributed by atoms with Crippen molar-refractivity contribution in [2.75, 3.05) is 0 Å². The molecule has 0 bridgehead atoms. The monoisotopic (exact) mass is 263 g/mol. The van der Waals surface area contributed by atoms with Crippen LogP contribution in [0.2, 0.25) is 0 Å². The summed E-state index contributed by atoms with van der Waals surface area (Å²) in [7, 11) is 0. The van der Waals surface area contributed by atoms with E-state index in [-0.39, 0.29) is 11.8 Å². The molecule has 0 aliphatic rings. The summed E-state index contributed by atoms with van der Waals surface area (Å²) < 4.78 is 0. The molecule has 1 aromatic carbocycles. The van der Waals surface area contributed by atoms with Crippen molar-refractivity contribution in [3.63, 3.8) is 0 Å². The summed E-state index contributed by atoms with van der Waals surface area (Å²) in [5, 5.41) is 11.8. The molecular weight excluding hydrogens is 242 g/mol. The van der Waals surface area contributed by atoms with Crippen molar-refractivity contribution in [3.05, 3.63) is 35.9 Å². The zero-order valence-corrected chi connectivity index (χ0v) is 11.4. The van der Waals surface area contributed by atoms with Crippen LogP contribution in [0.15, 0.2) is 30.3 Å². The highest BCUT2D eigenvalue weighted by atomic mass is 16.4. The summed E-state index contributed by atoms with van der Waals surface area (Å²) >= 11 is 0. The van der Waals surface area contributed by atoms with Crippen LogP contribution in [0.3, 0.4) is 0 Å². The maximum atomic E-state index is 12.0. The van der Waals surface area contributed by atoms with E-state index in [0.717, 1.165) is 19.3 Å². The van der Waals surface area contributed by atoms with E-state index in [0.29, 0.717) is 5.56 Å². The first-order valence-corrected chi connectivity index (χ1v) is 6.64. The van der Waals surface area contributed by atoms with Crippen molar-refractivity contribution in [1.29, 1.82) is 0 Å². The molecule has 1 amide bonds. The SMILES string of the molecule is CCCCC(C)C(=O)N[C@H](C(=O)O)c1ccccc1. The van der Waals surface area contributed by atoms with Gasteiger partial charge < -0.3 is 10.4 Å². The predicted molar refractivity (Wildman–Crippen MR) is 73.7 cm³/mol. The molecule has 2 atom stereocenters. The summed E-state index contributed by atoms with van der Waals surface area (Å²) in [6, 6.07) is 7.77. The molecule has 2 N–H and O–H groups in total. The zero-order chi connectivity index (χ0) is 14.3. The van der Waals surface area contributed by atoms with E-state index < -0.39 is 12.0 Å². The summed E-state index contributed by atoms with van der Waals surface area (Å²) in [4.78, 5) is 23.2. The number of benzene rings is 1. The predicted octanol–water partition coefficient (Wildman–Crippen LogP) is 2.75. The van der Waals surface area contributed by atoms with Gasteiger partial charge in [-0.1, -0.05) is 57.0 Å². The second kappa shape index (κ2) is 7.56. The van der Waals surface area contributed by atoms with Crippen LogP contribution < -0.4 is 5.32 Å². The summed E-state index contributed by atoms with van der Waals surface area (Å²) in [6.45, 7) is 3.89. The first-order chi connectivity index (χ1) is 9.06. The molecule has 0 aliphatic carbocycles. The van der Waals surface area contributed by atoms with Gasteiger partial charge in [0.25, 0.3) is 0 Å². The van der Waals surface area contributed by atoms with Crippen LogP contribution in [-0.4, -0.2) is 17.0 Å². The Kier molecular flexibility index (Phi) is 6.06. The number of aliphatic carboxylic acids is 1. The maximum absolute atomic E-state index is 12.0. The molecule has 1 aromatic rings. The van der Waals surface area contributed by atoms with Gasteiger partial charge in [-0.05, 0) is 12.0 Å². The number of hydrogen-bond donors (Lipinski definition) is 2. The third kappa shape index (κ3) is 4.73. The molecule has 4 nitrogen and oxygen atoms in total. The number of unbranched alkanes of at least 4 members (excludes halogenated alkanes) is 1. The normalized spacial score (nSPS) is 13.6. The molecule has 0 radical (unpaired) electrons. The molecule has 104 valence electrons. The van der Waals surface area contributed by atoms with Crippen LogP contribution in [0.25, 0.3) is 0 Å². The zero-order valence-electron chi connectivity index (χ0n) is 11.4. The maximum Gasteiger partial charge on any atom is 0.330 e. The van der Waals surface area contributed by atoms with Crippen molar-refractivity contribution < 1.29 is 14.7 Å². The van der Waals surface area contributed by atoms with Gasteiger partial charge in [-0.3, -0.25) is 4.79 Å². The minimum atomic E-state index is -1.04. The lowest BCUT2D eigenvalue weighted by Gasteiger charge is -2.18. The summed E-state index contributed by atoms with van der Waals surface area (Å²) in [5.74, 6) is -1.41. The lowest BCUT2D eigenvalue weighted by Crippen LogP contribution is -2.36. The van der Waals surface area contributed by atoms with Crippen LogP contribution in [0, 0.1) is 5.92 Å². The molecule has 0 saturated heterocycles. The Hall–Kier alpha value is -1.84. The molecular formula is C15H21NO3. The Morgan fingerprint density at radius 1 is 1.26 bits per heavy atom. The molecule has 0 aliphatic heterocycles. The topological polar surface area (TPSA) is 66.4 Å². The van der Waals surface area contributed by atoms with Crippen LogP contribution in [-0.2, 0) is 9.59 Å². The fourth-order valence-electron chi connectivity index (χ4n) is 1.86. The minimum absolute atomic E-state index is 0.162. The molecule has 0 heterocycles. The minimum Gasteiger partial charge on any atom is -0.479 e. The van der Waals surface area contributed by atoms with Gasteiger partial charge in [0.2, 0.25) is 5.91 Å². The fourth-order valence-corrected chi connectivity index (χ4v) is 1.86. The van der Waals surface area contributed by atoms with Crippen molar-refractivity contribution in [3.8, 4) is 0 Å². The largest absolute Gasteiger partial charge is 0.479 e. The van der Waals surface area contributed by atoms with Crippen LogP contribution >= 0.6 is 0 Å². The van der Waals surface area contributed by atoms with Crippen LogP contribution in [0.4, 0.5) is 0 Å². The van der Waals surface area contributed by atoms with Crippen molar-refractivity contribution in [2.24, 2.45) is 5.92 Å². The average Bonchev–Trinajstić information content (AvgIpc) is 2.42. The van der Waals surface area contributed by atoms with Gasteiger partial charge >= 0.3 is 5.97 Å². The lowest BCUT2D eigenvalue weighted by molar-refractivity contribution is -0.142. The van der Waals surface area contributed by atoms with E-state index in [9.17, 15) is 14.7 Å². The Morgan fingerprint density at radius 2 is 1.89 bits per heavy atom. The Morgan fingerprint density at radius 3 is 2.42 bits per heavy atom. The molecule has 0 spiro atoms. The first-order valence-electron chi connectivity index (χ1n) is 6.64. The second-order valence-electron chi connectivity index (χ2n) is 4.73. The molecule has 4 heteroatoms. The highest BCUT2D eigenvalue weighted by Crippen LogP contribution is 2.15. The highest BCUT2D eigenvalue weighted by molar-refractivity contribution is 5.85. The Bertz CT molecular complexity index is 417. The Balaban J connectivity index is 2.70. The number of carbonyl (C=O) groups excluding carboxylic acids is 1. The van der Waals surface area contributed by atoms with Gasteiger partial charge in [0.1, 0.15) is 0 Å². The number of hydrogen-bond acceptors (Lipinski definition) is 2.